The van der Waals surface area contributed by atoms with E-state index in [2.05, 4.69) is 4.74 Å². The van der Waals surface area contributed by atoms with Crippen molar-refractivity contribution in [3.63, 3.8) is 0 Å². The average molecular weight is 266 g/mol. The first-order valence-corrected chi connectivity index (χ1v) is 5.41. The second-order valence-corrected chi connectivity index (χ2v) is 3.82. The summed E-state index contributed by atoms with van der Waals surface area (Å²) in [6.45, 7) is 1.70. The molecule has 0 aromatic carbocycles. The molecule has 0 aliphatic carbocycles. The number of esters is 2. The molecule has 0 aliphatic heterocycles. The quantitative estimate of drug-likeness (QED) is 0.478. The minimum absolute atomic E-state index is 0.529. The van der Waals surface area contributed by atoms with Crippen LogP contribution in [-0.4, -0.2) is 52.0 Å². The van der Waals surface area contributed by atoms with Crippen molar-refractivity contribution in [2.75, 3.05) is 13.7 Å². The van der Waals surface area contributed by atoms with E-state index in [1.807, 2.05) is 0 Å². The van der Waals surface area contributed by atoms with Crippen molar-refractivity contribution in [2.45, 2.75) is 32.4 Å². The number of carbonyl (C=O) groups is 2. The zero-order valence-corrected chi connectivity index (χ0v) is 10.8. The molecule has 8 heteroatoms. The van der Waals surface area contributed by atoms with Crippen molar-refractivity contribution >= 4 is 19.8 Å². The van der Waals surface area contributed by atoms with E-state index in [4.69, 9.17) is 9.47 Å². The zero-order chi connectivity index (χ0) is 14.3. The van der Waals surface area contributed by atoms with Crippen LogP contribution in [0.4, 0.5) is 8.78 Å². The van der Waals surface area contributed by atoms with Gasteiger partial charge in [-0.3, -0.25) is 9.59 Å². The Morgan fingerprint density at radius 1 is 1.22 bits per heavy atom. The Hall–Kier alpha value is -1.18. The van der Waals surface area contributed by atoms with E-state index in [1.54, 1.807) is 0 Å². The van der Waals surface area contributed by atoms with Gasteiger partial charge in [-0.25, -0.2) is 8.78 Å². The van der Waals surface area contributed by atoms with Gasteiger partial charge in [0.1, 0.15) is 20.6 Å². The number of ether oxygens (including phenoxy) is 3. The molecule has 0 unspecified atom stereocenters. The topological polar surface area (TPSA) is 61.8 Å². The summed E-state index contributed by atoms with van der Waals surface area (Å²) in [6, 6.07) is -0.733. The highest BCUT2D eigenvalue weighted by molar-refractivity contribution is 6.11. The minimum Gasteiger partial charge on any atom is -0.465 e. The molecule has 0 radical (unpaired) electrons. The minimum atomic E-state index is -2.80. The average Bonchev–Trinajstić information content (AvgIpc) is 2.25. The third-order valence-corrected chi connectivity index (χ3v) is 2.36. The van der Waals surface area contributed by atoms with Gasteiger partial charge in [-0.1, -0.05) is 0 Å². The van der Waals surface area contributed by atoms with Crippen molar-refractivity contribution in [1.29, 1.82) is 0 Å². The SMILES string of the molecule is B[C@H](OC)[C@H](OC(C)=O)[C@@H](COC(C)=O)C(F)F. The number of hydrogen-bond donors (Lipinski definition) is 0. The number of carbonyl (C=O) groups excluding carboxylic acids is 2. The molecule has 0 heterocycles. The Morgan fingerprint density at radius 2 is 1.78 bits per heavy atom. The predicted molar refractivity (Wildman–Crippen MR) is 61.0 cm³/mol. The molecule has 0 saturated carbocycles. The Bertz CT molecular complexity index is 287. The lowest BCUT2D eigenvalue weighted by atomic mass is 9.86. The highest BCUT2D eigenvalue weighted by Gasteiger charge is 2.37. The Balaban J connectivity index is 4.84. The third-order valence-electron chi connectivity index (χ3n) is 2.36. The van der Waals surface area contributed by atoms with Gasteiger partial charge in [0.25, 0.3) is 0 Å². The van der Waals surface area contributed by atoms with Crippen molar-refractivity contribution in [3.8, 4) is 0 Å². The standard InChI is InChI=1S/C10H17BF2O5/c1-5(14)17-4-7(10(12)13)8(9(11)16-3)18-6(2)15/h7-10H,4,11H2,1-3H3/t7-,8-,9-/m1/s1. The summed E-state index contributed by atoms with van der Waals surface area (Å²) in [5.74, 6) is -2.79. The summed E-state index contributed by atoms with van der Waals surface area (Å²) < 4.78 is 40.1. The molecular formula is C10H17BF2O5. The first kappa shape index (κ1) is 16.8. The number of alkyl halides is 2. The lowest BCUT2D eigenvalue weighted by Crippen LogP contribution is -2.44. The van der Waals surface area contributed by atoms with Crippen molar-refractivity contribution in [1.82, 2.24) is 0 Å². The van der Waals surface area contributed by atoms with E-state index in [1.165, 1.54) is 15.0 Å². The van der Waals surface area contributed by atoms with E-state index in [0.29, 0.717) is 0 Å². The molecule has 0 aromatic rings. The van der Waals surface area contributed by atoms with Crippen LogP contribution in [0.5, 0.6) is 0 Å². The van der Waals surface area contributed by atoms with E-state index >= 15 is 0 Å². The van der Waals surface area contributed by atoms with Crippen LogP contribution in [0.15, 0.2) is 0 Å². The van der Waals surface area contributed by atoms with Crippen LogP contribution in [-0.2, 0) is 23.8 Å². The molecule has 18 heavy (non-hydrogen) atoms. The fourth-order valence-electron chi connectivity index (χ4n) is 1.38. The van der Waals surface area contributed by atoms with Gasteiger partial charge in [0.2, 0.25) is 6.43 Å². The van der Waals surface area contributed by atoms with Crippen LogP contribution in [0.1, 0.15) is 13.8 Å². The van der Waals surface area contributed by atoms with E-state index < -0.39 is 43.0 Å². The van der Waals surface area contributed by atoms with Gasteiger partial charge >= 0.3 is 11.9 Å². The first-order chi connectivity index (χ1) is 8.29. The second kappa shape index (κ2) is 8.02. The number of hydrogen-bond acceptors (Lipinski definition) is 5. The molecule has 0 rings (SSSR count). The van der Waals surface area contributed by atoms with Crippen molar-refractivity contribution < 1.29 is 32.6 Å². The maximum absolute atomic E-state index is 12.9. The molecule has 0 N–H and O–H groups in total. The number of methoxy groups -OCH3 is 1. The van der Waals surface area contributed by atoms with Crippen molar-refractivity contribution in [3.05, 3.63) is 0 Å². The zero-order valence-electron chi connectivity index (χ0n) is 10.8. The predicted octanol–water partition coefficient (Wildman–Crippen LogP) is -0.0319. The first-order valence-electron chi connectivity index (χ1n) is 5.41. The van der Waals surface area contributed by atoms with Crippen LogP contribution >= 0.6 is 0 Å². The number of rotatable bonds is 7. The molecule has 0 bridgehead atoms. The monoisotopic (exact) mass is 266 g/mol. The Kier molecular flexibility index (Phi) is 7.50. The molecule has 0 aromatic heterocycles. The summed E-state index contributed by atoms with van der Waals surface area (Å²) in [5.41, 5.74) is 0. The largest absolute Gasteiger partial charge is 0.465 e. The Morgan fingerprint density at radius 3 is 2.11 bits per heavy atom. The van der Waals surface area contributed by atoms with E-state index in [0.717, 1.165) is 13.8 Å². The van der Waals surface area contributed by atoms with Gasteiger partial charge in [0, 0.05) is 21.0 Å². The molecule has 3 atom stereocenters. The van der Waals surface area contributed by atoms with Gasteiger partial charge < -0.3 is 14.2 Å². The van der Waals surface area contributed by atoms with Gasteiger partial charge in [0.05, 0.1) is 11.9 Å². The maximum Gasteiger partial charge on any atom is 0.302 e. The van der Waals surface area contributed by atoms with Crippen LogP contribution in [0.2, 0.25) is 0 Å². The summed E-state index contributed by atoms with van der Waals surface area (Å²) in [4.78, 5) is 21.6. The summed E-state index contributed by atoms with van der Waals surface area (Å²) in [7, 11) is 2.81. The van der Waals surface area contributed by atoms with Gasteiger partial charge in [-0.05, 0) is 0 Å². The summed E-state index contributed by atoms with van der Waals surface area (Å²) >= 11 is 0. The lowest BCUT2D eigenvalue weighted by Gasteiger charge is -2.29. The number of halogens is 2. The molecule has 0 aliphatic rings. The van der Waals surface area contributed by atoms with Crippen LogP contribution < -0.4 is 0 Å². The van der Waals surface area contributed by atoms with Crippen LogP contribution in [0.3, 0.4) is 0 Å². The van der Waals surface area contributed by atoms with Crippen LogP contribution in [0, 0.1) is 5.92 Å². The molecule has 0 fully saturated rings. The highest BCUT2D eigenvalue weighted by Crippen LogP contribution is 2.21. The fourth-order valence-corrected chi connectivity index (χ4v) is 1.38. The molecule has 5 nitrogen and oxygen atoms in total. The normalized spacial score (nSPS) is 15.9. The summed E-state index contributed by atoms with van der Waals surface area (Å²) in [5, 5.41) is 0. The molecule has 0 amide bonds. The van der Waals surface area contributed by atoms with Crippen molar-refractivity contribution in [2.24, 2.45) is 5.92 Å². The smallest absolute Gasteiger partial charge is 0.302 e. The van der Waals surface area contributed by atoms with E-state index in [9.17, 15) is 18.4 Å². The lowest BCUT2D eigenvalue weighted by molar-refractivity contribution is -0.165. The Labute approximate surface area is 105 Å². The van der Waals surface area contributed by atoms with E-state index in [-0.39, 0.29) is 0 Å². The summed E-state index contributed by atoms with van der Waals surface area (Å²) in [6.07, 6.45) is -3.97. The third kappa shape index (κ3) is 5.95. The highest BCUT2D eigenvalue weighted by atomic mass is 19.3. The second-order valence-electron chi connectivity index (χ2n) is 3.82. The molecular weight excluding hydrogens is 249 g/mol. The molecule has 0 spiro atoms. The fraction of sp³-hybridized carbons (Fsp3) is 0.800. The molecule has 104 valence electrons. The van der Waals surface area contributed by atoms with Gasteiger partial charge in [-0.2, -0.15) is 0 Å². The van der Waals surface area contributed by atoms with Gasteiger partial charge in [-0.15, -0.1) is 0 Å². The van der Waals surface area contributed by atoms with Gasteiger partial charge in [0.15, 0.2) is 0 Å². The van der Waals surface area contributed by atoms with Crippen LogP contribution in [0.25, 0.3) is 0 Å². The molecule has 0 saturated heterocycles. The maximum atomic E-state index is 12.9.